The van der Waals surface area contributed by atoms with E-state index in [0.29, 0.717) is 5.75 Å². The standard InChI is InChI=1S/C10H12OS.CH5N/c1-12(11)7-6-9-4-2-3-5-10(9)8-12;1-2/h2-5H,1,6-8H2;2H2,1H3. The Morgan fingerprint density at radius 3 is 2.50 bits per heavy atom. The van der Waals surface area contributed by atoms with Crippen LogP contribution in [0, 0.1) is 0 Å². The van der Waals surface area contributed by atoms with Crippen molar-refractivity contribution in [3.05, 3.63) is 35.4 Å². The van der Waals surface area contributed by atoms with Crippen molar-refractivity contribution < 1.29 is 4.21 Å². The lowest BCUT2D eigenvalue weighted by molar-refractivity contribution is 0.677. The van der Waals surface area contributed by atoms with Crippen LogP contribution < -0.4 is 5.73 Å². The van der Waals surface area contributed by atoms with E-state index in [-0.39, 0.29) is 0 Å². The van der Waals surface area contributed by atoms with E-state index in [9.17, 15) is 4.21 Å². The van der Waals surface area contributed by atoms with Crippen molar-refractivity contribution in [1.82, 2.24) is 0 Å². The number of benzene rings is 1. The lowest BCUT2D eigenvalue weighted by Gasteiger charge is -2.18. The van der Waals surface area contributed by atoms with Gasteiger partial charge in [0.2, 0.25) is 0 Å². The largest absolute Gasteiger partial charge is 0.333 e. The molecule has 3 heteroatoms. The average Bonchev–Trinajstić information content (AvgIpc) is 2.19. The molecule has 78 valence electrons. The molecule has 0 radical (unpaired) electrons. The predicted molar refractivity (Wildman–Crippen MR) is 64.1 cm³/mol. The molecule has 2 nitrogen and oxygen atoms in total. The molecular formula is C11H17NOS. The molecule has 14 heavy (non-hydrogen) atoms. The van der Waals surface area contributed by atoms with Crippen LogP contribution in [-0.2, 0) is 21.7 Å². The molecule has 1 heterocycles. The summed E-state index contributed by atoms with van der Waals surface area (Å²) >= 11 is 0. The fourth-order valence-electron chi connectivity index (χ4n) is 1.59. The van der Waals surface area contributed by atoms with E-state index in [0.717, 1.165) is 12.2 Å². The Hall–Kier alpha value is -0.800. The van der Waals surface area contributed by atoms with Gasteiger partial charge in [0.25, 0.3) is 0 Å². The Labute approximate surface area is 86.1 Å². The van der Waals surface area contributed by atoms with E-state index in [1.165, 1.54) is 18.2 Å². The fourth-order valence-corrected chi connectivity index (χ4v) is 3.18. The maximum absolute atomic E-state index is 11.7. The average molecular weight is 211 g/mol. The third-order valence-electron chi connectivity index (χ3n) is 2.28. The van der Waals surface area contributed by atoms with Crippen LogP contribution in [-0.4, -0.2) is 22.9 Å². The molecule has 2 N–H and O–H groups in total. The van der Waals surface area contributed by atoms with Crippen LogP contribution in [0.1, 0.15) is 11.1 Å². The van der Waals surface area contributed by atoms with Crippen molar-refractivity contribution in [2.45, 2.75) is 12.2 Å². The first kappa shape index (κ1) is 11.3. The van der Waals surface area contributed by atoms with Crippen LogP contribution >= 0.6 is 0 Å². The maximum atomic E-state index is 11.7. The topological polar surface area (TPSA) is 43.1 Å². The van der Waals surface area contributed by atoms with Crippen LogP contribution in [0.5, 0.6) is 0 Å². The summed E-state index contributed by atoms with van der Waals surface area (Å²) in [7, 11) is -0.296. The molecule has 2 rings (SSSR count). The van der Waals surface area contributed by atoms with Gasteiger partial charge in [0.1, 0.15) is 0 Å². The molecule has 0 saturated carbocycles. The highest BCUT2D eigenvalue weighted by molar-refractivity contribution is 7.99. The van der Waals surface area contributed by atoms with Gasteiger partial charge in [-0.3, -0.25) is 4.21 Å². The molecule has 1 unspecified atom stereocenters. The quantitative estimate of drug-likeness (QED) is 0.651. The van der Waals surface area contributed by atoms with Crippen molar-refractivity contribution in [2.75, 3.05) is 12.8 Å². The van der Waals surface area contributed by atoms with Gasteiger partial charge in [-0.15, -0.1) is 0 Å². The van der Waals surface area contributed by atoms with Crippen LogP contribution in [0.2, 0.25) is 0 Å². The normalized spacial score (nSPS) is 24.4. The van der Waals surface area contributed by atoms with Crippen molar-refractivity contribution in [3.8, 4) is 0 Å². The lowest BCUT2D eigenvalue weighted by Crippen LogP contribution is -2.18. The summed E-state index contributed by atoms with van der Waals surface area (Å²) in [6.45, 7) is 0. The van der Waals surface area contributed by atoms with Gasteiger partial charge in [-0.25, -0.2) is 0 Å². The zero-order valence-corrected chi connectivity index (χ0v) is 9.35. The Balaban J connectivity index is 0.000000461. The molecule has 0 aliphatic carbocycles. The van der Waals surface area contributed by atoms with Gasteiger partial charge in [0, 0.05) is 11.5 Å². The molecule has 1 aliphatic heterocycles. The van der Waals surface area contributed by atoms with Crippen LogP contribution in [0.3, 0.4) is 0 Å². The first-order valence-corrected chi connectivity index (χ1v) is 6.71. The highest BCUT2D eigenvalue weighted by Gasteiger charge is 2.15. The van der Waals surface area contributed by atoms with E-state index >= 15 is 0 Å². The van der Waals surface area contributed by atoms with Crippen molar-refractivity contribution >= 4 is 15.4 Å². The smallest absolute Gasteiger partial charge is 0.0412 e. The van der Waals surface area contributed by atoms with E-state index < -0.39 is 9.52 Å². The number of aryl methyl sites for hydroxylation is 1. The molecule has 1 atom stereocenters. The van der Waals surface area contributed by atoms with Gasteiger partial charge >= 0.3 is 0 Å². The van der Waals surface area contributed by atoms with Gasteiger partial charge in [-0.05, 0) is 40.0 Å². The van der Waals surface area contributed by atoms with E-state index in [1.807, 2.05) is 12.1 Å². The summed E-state index contributed by atoms with van der Waals surface area (Å²) in [5, 5.41) is 0. The Kier molecular flexibility index (Phi) is 3.72. The second kappa shape index (κ2) is 4.62. The predicted octanol–water partition coefficient (Wildman–Crippen LogP) is 1.03. The molecule has 0 aromatic heterocycles. The number of fused-ring (bicyclic) bond motifs is 1. The van der Waals surface area contributed by atoms with Crippen LogP contribution in [0.4, 0.5) is 0 Å². The minimum atomic E-state index is -1.80. The van der Waals surface area contributed by atoms with E-state index in [2.05, 4.69) is 23.7 Å². The highest BCUT2D eigenvalue weighted by Crippen LogP contribution is 2.19. The van der Waals surface area contributed by atoms with E-state index in [4.69, 9.17) is 0 Å². The summed E-state index contributed by atoms with van der Waals surface area (Å²) in [5.74, 6) is 5.18. The van der Waals surface area contributed by atoms with Crippen molar-refractivity contribution in [3.63, 3.8) is 0 Å². The molecule has 0 amide bonds. The zero-order chi connectivity index (χ0) is 10.6. The Morgan fingerprint density at radius 2 is 1.86 bits per heavy atom. The highest BCUT2D eigenvalue weighted by atomic mass is 32.2. The third kappa shape index (κ3) is 2.59. The molecule has 0 bridgehead atoms. The second-order valence-corrected chi connectivity index (χ2v) is 5.96. The maximum Gasteiger partial charge on any atom is 0.0412 e. The summed E-state index contributed by atoms with van der Waals surface area (Å²) in [6, 6.07) is 8.21. The van der Waals surface area contributed by atoms with Gasteiger partial charge < -0.3 is 5.73 Å². The Bertz CT molecular complexity index is 396. The minimum absolute atomic E-state index is 0.670. The number of rotatable bonds is 0. The Morgan fingerprint density at radius 1 is 1.29 bits per heavy atom. The van der Waals surface area contributed by atoms with Crippen molar-refractivity contribution in [1.29, 1.82) is 0 Å². The summed E-state index contributed by atoms with van der Waals surface area (Å²) in [5.41, 5.74) is 7.07. The number of hydrogen-bond donors (Lipinski definition) is 1. The van der Waals surface area contributed by atoms with Gasteiger partial charge in [0.15, 0.2) is 0 Å². The molecular weight excluding hydrogens is 194 g/mol. The minimum Gasteiger partial charge on any atom is -0.333 e. The summed E-state index contributed by atoms with van der Waals surface area (Å²) in [6.07, 6.45) is 0.929. The van der Waals surface area contributed by atoms with Crippen LogP contribution in [0.25, 0.3) is 0 Å². The van der Waals surface area contributed by atoms with Gasteiger partial charge in [0.05, 0.1) is 0 Å². The second-order valence-electron chi connectivity index (χ2n) is 3.33. The summed E-state index contributed by atoms with van der Waals surface area (Å²) in [4.78, 5) is 0. The third-order valence-corrected chi connectivity index (χ3v) is 4.07. The molecule has 0 fully saturated rings. The fraction of sp³-hybridized carbons (Fsp3) is 0.364. The molecule has 1 aromatic carbocycles. The summed E-state index contributed by atoms with van der Waals surface area (Å²) < 4.78 is 11.7. The van der Waals surface area contributed by atoms with Gasteiger partial charge in [-0.1, -0.05) is 24.3 Å². The number of hydrogen-bond acceptors (Lipinski definition) is 2. The molecule has 0 saturated heterocycles. The first-order valence-electron chi connectivity index (χ1n) is 4.64. The van der Waals surface area contributed by atoms with Crippen LogP contribution in [0.15, 0.2) is 24.3 Å². The lowest BCUT2D eigenvalue weighted by atomic mass is 10.1. The monoisotopic (exact) mass is 211 g/mol. The molecule has 0 spiro atoms. The van der Waals surface area contributed by atoms with Gasteiger partial charge in [-0.2, -0.15) is 0 Å². The van der Waals surface area contributed by atoms with Crippen molar-refractivity contribution in [2.24, 2.45) is 5.73 Å². The van der Waals surface area contributed by atoms with E-state index in [1.54, 1.807) is 0 Å². The number of nitrogens with two attached hydrogens (primary N) is 1. The first-order chi connectivity index (χ1) is 6.67. The molecule has 1 aromatic rings. The SMILES string of the molecule is C=S1(=O)CCc2ccccc2C1.CN. The molecule has 1 aliphatic rings. The zero-order valence-electron chi connectivity index (χ0n) is 8.53.